The van der Waals surface area contributed by atoms with E-state index in [0.29, 0.717) is 25.1 Å². The molecule has 2 aromatic rings. The molecule has 0 radical (unpaired) electrons. The summed E-state index contributed by atoms with van der Waals surface area (Å²) < 4.78 is 27.3. The summed E-state index contributed by atoms with van der Waals surface area (Å²) in [4.78, 5) is 4.29. The van der Waals surface area contributed by atoms with E-state index in [0.717, 1.165) is 11.1 Å². The predicted octanol–water partition coefficient (Wildman–Crippen LogP) is 1.37. The lowest BCUT2D eigenvalue weighted by atomic mass is 10.1. The van der Waals surface area contributed by atoms with Gasteiger partial charge in [0.15, 0.2) is 0 Å². The summed E-state index contributed by atoms with van der Waals surface area (Å²) in [6, 6.07) is 8.90. The molecule has 0 bridgehead atoms. The third kappa shape index (κ3) is 3.87. The van der Waals surface area contributed by atoms with Gasteiger partial charge in [-0.05, 0) is 42.2 Å². The van der Waals surface area contributed by atoms with Crippen LogP contribution in [0.1, 0.15) is 16.7 Å². The molecule has 0 aliphatic heterocycles. The highest BCUT2D eigenvalue weighted by Gasteiger charge is 2.17. The predicted molar refractivity (Wildman–Crippen MR) is 82.2 cm³/mol. The summed E-state index contributed by atoms with van der Waals surface area (Å²) in [5, 5.41) is 0. The molecule has 3 N–H and O–H groups in total. The van der Waals surface area contributed by atoms with Crippen LogP contribution in [0.5, 0.6) is 0 Å². The Morgan fingerprint density at radius 3 is 2.71 bits per heavy atom. The Bertz CT molecular complexity index is 700. The molecule has 0 saturated carbocycles. The maximum atomic E-state index is 12.3. The molecule has 6 heteroatoms. The Labute approximate surface area is 125 Å². The molecule has 112 valence electrons. The number of aromatic nitrogens is 1. The normalized spacial score (nSPS) is 11.5. The number of benzene rings is 1. The van der Waals surface area contributed by atoms with Crippen molar-refractivity contribution in [1.29, 1.82) is 0 Å². The summed E-state index contributed by atoms with van der Waals surface area (Å²) in [6.07, 6.45) is 4.02. The molecule has 0 fully saturated rings. The molecule has 0 saturated heterocycles. The number of nitrogens with two attached hydrogens (primary N) is 1. The SMILES string of the molecule is Cc1c(CN)cccc1S(=O)(=O)NCCc1cccnc1. The summed E-state index contributed by atoms with van der Waals surface area (Å²) in [6.45, 7) is 2.43. The third-order valence-corrected chi connectivity index (χ3v) is 4.94. The van der Waals surface area contributed by atoms with E-state index in [9.17, 15) is 8.42 Å². The number of sulfonamides is 1. The Hall–Kier alpha value is -1.76. The van der Waals surface area contributed by atoms with Crippen LogP contribution >= 0.6 is 0 Å². The molecule has 0 amide bonds. The van der Waals surface area contributed by atoms with Crippen LogP contribution in [-0.4, -0.2) is 19.9 Å². The molecule has 0 aliphatic rings. The van der Waals surface area contributed by atoms with Crippen molar-refractivity contribution in [3.8, 4) is 0 Å². The van der Waals surface area contributed by atoms with Crippen LogP contribution < -0.4 is 10.5 Å². The lowest BCUT2D eigenvalue weighted by Crippen LogP contribution is -2.27. The molecular weight excluding hydrogens is 286 g/mol. The molecule has 0 atom stereocenters. The maximum absolute atomic E-state index is 12.3. The smallest absolute Gasteiger partial charge is 0.240 e. The monoisotopic (exact) mass is 305 g/mol. The Morgan fingerprint density at radius 2 is 2.05 bits per heavy atom. The number of hydrogen-bond acceptors (Lipinski definition) is 4. The molecule has 0 aliphatic carbocycles. The molecule has 2 rings (SSSR count). The van der Waals surface area contributed by atoms with E-state index in [-0.39, 0.29) is 4.90 Å². The first-order valence-corrected chi connectivity index (χ1v) is 8.20. The second kappa shape index (κ2) is 6.80. The Balaban J connectivity index is 2.09. The maximum Gasteiger partial charge on any atom is 0.240 e. The lowest BCUT2D eigenvalue weighted by molar-refractivity contribution is 0.580. The van der Waals surface area contributed by atoms with Crippen molar-refractivity contribution in [2.75, 3.05) is 6.54 Å². The van der Waals surface area contributed by atoms with Crippen LogP contribution in [0.25, 0.3) is 0 Å². The zero-order valence-corrected chi connectivity index (χ0v) is 12.7. The largest absolute Gasteiger partial charge is 0.326 e. The van der Waals surface area contributed by atoms with E-state index in [1.807, 2.05) is 18.2 Å². The van der Waals surface area contributed by atoms with E-state index in [4.69, 9.17) is 5.73 Å². The van der Waals surface area contributed by atoms with Gasteiger partial charge in [-0.3, -0.25) is 4.98 Å². The molecule has 1 aromatic heterocycles. The van der Waals surface area contributed by atoms with Gasteiger partial charge in [-0.25, -0.2) is 13.1 Å². The average molecular weight is 305 g/mol. The first-order valence-electron chi connectivity index (χ1n) is 6.71. The fourth-order valence-corrected chi connectivity index (χ4v) is 3.44. The fourth-order valence-electron chi connectivity index (χ4n) is 2.13. The quantitative estimate of drug-likeness (QED) is 0.844. The molecule has 0 unspecified atom stereocenters. The lowest BCUT2D eigenvalue weighted by Gasteiger charge is -2.11. The molecule has 21 heavy (non-hydrogen) atoms. The summed E-state index contributed by atoms with van der Waals surface area (Å²) in [7, 11) is -3.52. The van der Waals surface area contributed by atoms with E-state index < -0.39 is 10.0 Å². The number of rotatable bonds is 6. The van der Waals surface area contributed by atoms with Crippen LogP contribution in [0.2, 0.25) is 0 Å². The van der Waals surface area contributed by atoms with Crippen LogP contribution in [0.3, 0.4) is 0 Å². The topological polar surface area (TPSA) is 85.1 Å². The van der Waals surface area contributed by atoms with Crippen molar-refractivity contribution in [3.05, 3.63) is 59.4 Å². The fraction of sp³-hybridized carbons (Fsp3) is 0.267. The van der Waals surface area contributed by atoms with Crippen LogP contribution in [0.15, 0.2) is 47.6 Å². The van der Waals surface area contributed by atoms with Crippen molar-refractivity contribution in [1.82, 2.24) is 9.71 Å². The minimum Gasteiger partial charge on any atom is -0.326 e. The van der Waals surface area contributed by atoms with Gasteiger partial charge >= 0.3 is 0 Å². The number of hydrogen-bond donors (Lipinski definition) is 2. The first kappa shape index (κ1) is 15.6. The van der Waals surface area contributed by atoms with Crippen LogP contribution in [0.4, 0.5) is 0 Å². The van der Waals surface area contributed by atoms with Gasteiger partial charge in [-0.2, -0.15) is 0 Å². The van der Waals surface area contributed by atoms with Gasteiger partial charge in [-0.1, -0.05) is 18.2 Å². The standard InChI is InChI=1S/C15H19N3O2S/c1-12-14(10-16)5-2-6-15(12)21(19,20)18-9-7-13-4-3-8-17-11-13/h2-6,8,11,18H,7,9-10,16H2,1H3. The van der Waals surface area contributed by atoms with Crippen molar-refractivity contribution >= 4 is 10.0 Å². The molecule has 1 aromatic carbocycles. The summed E-state index contributed by atoms with van der Waals surface area (Å²) in [5.41, 5.74) is 8.15. The molecule has 1 heterocycles. The van der Waals surface area contributed by atoms with Crippen molar-refractivity contribution in [2.24, 2.45) is 5.73 Å². The Kier molecular flexibility index (Phi) is 5.06. The number of nitrogens with one attached hydrogen (secondary N) is 1. The van der Waals surface area contributed by atoms with Gasteiger partial charge in [0.25, 0.3) is 0 Å². The minimum atomic E-state index is -3.52. The zero-order valence-electron chi connectivity index (χ0n) is 11.9. The van der Waals surface area contributed by atoms with Crippen molar-refractivity contribution in [2.45, 2.75) is 24.8 Å². The first-order chi connectivity index (χ1) is 10.0. The third-order valence-electron chi connectivity index (χ3n) is 3.33. The number of nitrogens with zero attached hydrogens (tertiary/aromatic N) is 1. The second-order valence-corrected chi connectivity index (χ2v) is 6.49. The Morgan fingerprint density at radius 1 is 1.24 bits per heavy atom. The number of pyridine rings is 1. The summed E-state index contributed by atoms with van der Waals surface area (Å²) >= 11 is 0. The van der Waals surface area contributed by atoms with Crippen molar-refractivity contribution < 1.29 is 8.42 Å². The second-order valence-electron chi connectivity index (χ2n) is 4.75. The molecule has 5 nitrogen and oxygen atoms in total. The van der Waals surface area contributed by atoms with E-state index >= 15 is 0 Å². The van der Waals surface area contributed by atoms with Crippen LogP contribution in [0, 0.1) is 6.92 Å². The highest BCUT2D eigenvalue weighted by molar-refractivity contribution is 7.89. The van der Waals surface area contributed by atoms with Crippen molar-refractivity contribution in [3.63, 3.8) is 0 Å². The highest BCUT2D eigenvalue weighted by atomic mass is 32.2. The van der Waals surface area contributed by atoms with Gasteiger partial charge in [0.05, 0.1) is 4.90 Å². The summed E-state index contributed by atoms with van der Waals surface area (Å²) in [5.74, 6) is 0. The van der Waals surface area contributed by atoms with Gasteiger partial charge < -0.3 is 5.73 Å². The van der Waals surface area contributed by atoms with Gasteiger partial charge in [0.1, 0.15) is 0 Å². The zero-order chi connectivity index (χ0) is 15.3. The average Bonchev–Trinajstić information content (AvgIpc) is 2.48. The van der Waals surface area contributed by atoms with Crippen LogP contribution in [-0.2, 0) is 23.0 Å². The molecular formula is C15H19N3O2S. The van der Waals surface area contributed by atoms with E-state index in [1.165, 1.54) is 0 Å². The molecule has 0 spiro atoms. The van der Waals surface area contributed by atoms with E-state index in [2.05, 4.69) is 9.71 Å². The van der Waals surface area contributed by atoms with Gasteiger partial charge in [0.2, 0.25) is 10.0 Å². The van der Waals surface area contributed by atoms with E-state index in [1.54, 1.807) is 31.5 Å². The van der Waals surface area contributed by atoms with Gasteiger partial charge in [-0.15, -0.1) is 0 Å². The minimum absolute atomic E-state index is 0.289. The highest BCUT2D eigenvalue weighted by Crippen LogP contribution is 2.18. The van der Waals surface area contributed by atoms with Gasteiger partial charge in [0, 0.05) is 25.5 Å².